The smallest absolute Gasteiger partial charge is 0.410 e. The molecule has 21 heavy (non-hydrogen) atoms. The Bertz CT molecular complexity index is 659. The van der Waals surface area contributed by atoms with Crippen LogP contribution in [0.1, 0.15) is 32.2 Å². The number of benzene rings is 1. The van der Waals surface area contributed by atoms with E-state index in [9.17, 15) is 4.79 Å². The van der Waals surface area contributed by atoms with Crippen molar-refractivity contribution >= 4 is 16.9 Å². The van der Waals surface area contributed by atoms with Gasteiger partial charge in [0.2, 0.25) is 0 Å². The van der Waals surface area contributed by atoms with Gasteiger partial charge in [0.25, 0.3) is 0 Å². The molecule has 4 nitrogen and oxygen atoms in total. The van der Waals surface area contributed by atoms with Gasteiger partial charge in [-0.15, -0.1) is 0 Å². The lowest BCUT2D eigenvalue weighted by Crippen LogP contribution is -2.34. The number of aryl methyl sites for hydroxylation is 1. The molecular weight excluding hydrogens is 264 g/mol. The first-order chi connectivity index (χ1) is 9.76. The van der Waals surface area contributed by atoms with Crippen molar-refractivity contribution in [1.29, 1.82) is 0 Å². The third-order valence-corrected chi connectivity index (χ3v) is 3.09. The van der Waals surface area contributed by atoms with Crippen molar-refractivity contribution in [3.05, 3.63) is 41.7 Å². The van der Waals surface area contributed by atoms with Crippen LogP contribution in [0.3, 0.4) is 0 Å². The van der Waals surface area contributed by atoms with E-state index in [0.29, 0.717) is 6.54 Å². The summed E-state index contributed by atoms with van der Waals surface area (Å²) in [5, 5.41) is 2.28. The summed E-state index contributed by atoms with van der Waals surface area (Å²) in [5.41, 5.74) is 1.35. The van der Waals surface area contributed by atoms with E-state index in [1.165, 1.54) is 0 Å². The second-order valence-corrected chi connectivity index (χ2v) is 6.26. The van der Waals surface area contributed by atoms with Gasteiger partial charge in [0.1, 0.15) is 5.60 Å². The van der Waals surface area contributed by atoms with Gasteiger partial charge < -0.3 is 9.64 Å². The lowest BCUT2D eigenvalue weighted by atomic mass is 10.1. The van der Waals surface area contributed by atoms with E-state index < -0.39 is 5.60 Å². The standard InChI is InChI=1S/C17H22N2O2/c1-12-15-9-7-6-8-13(15)10-14(18-12)11-19(5)16(20)21-17(2,3)4/h6-10H,11H2,1-5H3. The van der Waals surface area contributed by atoms with E-state index >= 15 is 0 Å². The minimum Gasteiger partial charge on any atom is -0.444 e. The number of amides is 1. The van der Waals surface area contributed by atoms with Crippen molar-refractivity contribution in [3.8, 4) is 0 Å². The van der Waals surface area contributed by atoms with Crippen LogP contribution in [0, 0.1) is 6.92 Å². The second-order valence-electron chi connectivity index (χ2n) is 6.26. The van der Waals surface area contributed by atoms with Crippen LogP contribution in [-0.2, 0) is 11.3 Å². The molecule has 1 heterocycles. The lowest BCUT2D eigenvalue weighted by molar-refractivity contribution is 0.0283. The van der Waals surface area contributed by atoms with Gasteiger partial charge in [-0.05, 0) is 39.1 Å². The van der Waals surface area contributed by atoms with Crippen LogP contribution in [0.2, 0.25) is 0 Å². The summed E-state index contributed by atoms with van der Waals surface area (Å²) in [6.45, 7) is 7.99. The quantitative estimate of drug-likeness (QED) is 0.840. The zero-order valence-electron chi connectivity index (χ0n) is 13.3. The van der Waals surface area contributed by atoms with Crippen LogP contribution < -0.4 is 0 Å². The minimum absolute atomic E-state index is 0.338. The van der Waals surface area contributed by atoms with Gasteiger partial charge in [-0.3, -0.25) is 4.98 Å². The Morgan fingerprint density at radius 2 is 1.95 bits per heavy atom. The number of rotatable bonds is 2. The van der Waals surface area contributed by atoms with Crippen LogP contribution >= 0.6 is 0 Å². The topological polar surface area (TPSA) is 42.4 Å². The maximum atomic E-state index is 12.0. The van der Waals surface area contributed by atoms with Crippen LogP contribution in [0.15, 0.2) is 30.3 Å². The maximum Gasteiger partial charge on any atom is 0.410 e. The molecule has 0 fully saturated rings. The average Bonchev–Trinajstić information content (AvgIpc) is 2.36. The number of aromatic nitrogens is 1. The molecule has 0 saturated heterocycles. The molecule has 0 aliphatic rings. The molecule has 0 N–H and O–H groups in total. The Kier molecular flexibility index (Phi) is 4.16. The molecule has 0 atom stereocenters. The van der Waals surface area contributed by atoms with Gasteiger partial charge in [-0.1, -0.05) is 24.3 Å². The molecule has 1 aromatic heterocycles. The zero-order chi connectivity index (χ0) is 15.6. The summed E-state index contributed by atoms with van der Waals surface area (Å²) >= 11 is 0. The van der Waals surface area contributed by atoms with Crippen molar-refractivity contribution in [2.45, 2.75) is 39.8 Å². The molecule has 1 amide bonds. The van der Waals surface area contributed by atoms with Crippen molar-refractivity contribution in [2.24, 2.45) is 0 Å². The first-order valence-electron chi connectivity index (χ1n) is 7.05. The molecule has 0 aliphatic carbocycles. The van der Waals surface area contributed by atoms with Crippen molar-refractivity contribution < 1.29 is 9.53 Å². The number of ether oxygens (including phenoxy) is 1. The van der Waals surface area contributed by atoms with E-state index in [-0.39, 0.29) is 6.09 Å². The van der Waals surface area contributed by atoms with Crippen molar-refractivity contribution in [3.63, 3.8) is 0 Å². The van der Waals surface area contributed by atoms with Gasteiger partial charge in [0, 0.05) is 18.1 Å². The van der Waals surface area contributed by atoms with Crippen LogP contribution in [-0.4, -0.2) is 28.6 Å². The predicted molar refractivity (Wildman–Crippen MR) is 84.2 cm³/mol. The Morgan fingerprint density at radius 3 is 2.62 bits per heavy atom. The predicted octanol–water partition coefficient (Wildman–Crippen LogP) is 3.91. The first kappa shape index (κ1) is 15.3. The highest BCUT2D eigenvalue weighted by Gasteiger charge is 2.20. The minimum atomic E-state index is -0.488. The van der Waals surface area contributed by atoms with Gasteiger partial charge in [-0.2, -0.15) is 0 Å². The molecule has 0 unspecified atom stereocenters. The van der Waals surface area contributed by atoms with E-state index in [2.05, 4.69) is 17.1 Å². The summed E-state index contributed by atoms with van der Waals surface area (Å²) in [4.78, 5) is 18.1. The molecular formula is C17H22N2O2. The van der Waals surface area contributed by atoms with E-state index in [0.717, 1.165) is 22.2 Å². The van der Waals surface area contributed by atoms with Gasteiger partial charge in [0.05, 0.1) is 12.2 Å². The third kappa shape index (κ3) is 3.94. The van der Waals surface area contributed by atoms with Crippen LogP contribution in [0.25, 0.3) is 10.8 Å². The molecule has 4 heteroatoms. The number of fused-ring (bicyclic) bond motifs is 1. The summed E-state index contributed by atoms with van der Waals surface area (Å²) in [5.74, 6) is 0. The highest BCUT2D eigenvalue weighted by atomic mass is 16.6. The largest absolute Gasteiger partial charge is 0.444 e. The molecule has 1 aromatic carbocycles. The molecule has 112 valence electrons. The second kappa shape index (κ2) is 5.72. The number of hydrogen-bond acceptors (Lipinski definition) is 3. The molecule has 2 aromatic rings. The maximum absolute atomic E-state index is 12.0. The van der Waals surface area contributed by atoms with Crippen LogP contribution in [0.5, 0.6) is 0 Å². The molecule has 0 radical (unpaired) electrons. The molecule has 2 rings (SSSR count). The number of carbonyl (C=O) groups is 1. The van der Waals surface area contributed by atoms with Crippen molar-refractivity contribution in [1.82, 2.24) is 9.88 Å². The normalized spacial score (nSPS) is 11.5. The molecule has 0 saturated carbocycles. The Morgan fingerprint density at radius 1 is 1.29 bits per heavy atom. The summed E-state index contributed by atoms with van der Waals surface area (Å²) < 4.78 is 5.35. The van der Waals surface area contributed by atoms with E-state index in [1.807, 2.05) is 45.9 Å². The van der Waals surface area contributed by atoms with Gasteiger partial charge >= 0.3 is 6.09 Å². The highest BCUT2D eigenvalue weighted by Crippen LogP contribution is 2.19. The monoisotopic (exact) mass is 286 g/mol. The molecule has 0 spiro atoms. The summed E-state index contributed by atoms with van der Waals surface area (Å²) in [6, 6.07) is 10.1. The van der Waals surface area contributed by atoms with Crippen molar-refractivity contribution in [2.75, 3.05) is 7.05 Å². The third-order valence-electron chi connectivity index (χ3n) is 3.09. The Balaban J connectivity index is 2.18. The number of nitrogens with zero attached hydrogens (tertiary/aromatic N) is 2. The highest BCUT2D eigenvalue weighted by molar-refractivity contribution is 5.84. The lowest BCUT2D eigenvalue weighted by Gasteiger charge is -2.24. The average molecular weight is 286 g/mol. The number of pyridine rings is 1. The van der Waals surface area contributed by atoms with E-state index in [4.69, 9.17) is 4.74 Å². The van der Waals surface area contributed by atoms with Gasteiger partial charge in [-0.25, -0.2) is 4.79 Å². The fraction of sp³-hybridized carbons (Fsp3) is 0.412. The van der Waals surface area contributed by atoms with Crippen LogP contribution in [0.4, 0.5) is 4.79 Å². The SMILES string of the molecule is Cc1nc(CN(C)C(=O)OC(C)(C)C)cc2ccccc12. The number of hydrogen-bond donors (Lipinski definition) is 0. The zero-order valence-corrected chi connectivity index (χ0v) is 13.3. The molecule has 0 aliphatic heterocycles. The fourth-order valence-corrected chi connectivity index (χ4v) is 2.17. The first-order valence-corrected chi connectivity index (χ1v) is 7.05. The molecule has 0 bridgehead atoms. The Hall–Kier alpha value is -2.10. The fourth-order valence-electron chi connectivity index (χ4n) is 2.17. The Labute approximate surface area is 125 Å². The summed E-state index contributed by atoms with van der Waals surface area (Å²) in [7, 11) is 1.72. The van der Waals surface area contributed by atoms with Gasteiger partial charge in [0.15, 0.2) is 0 Å². The van der Waals surface area contributed by atoms with E-state index in [1.54, 1.807) is 11.9 Å². The number of carbonyl (C=O) groups excluding carboxylic acids is 1. The summed E-state index contributed by atoms with van der Waals surface area (Å²) in [6.07, 6.45) is -0.338.